The van der Waals surface area contributed by atoms with Crippen molar-refractivity contribution in [2.45, 2.75) is 78.3 Å². The highest BCUT2D eigenvalue weighted by atomic mass is 16.7. The lowest BCUT2D eigenvalue weighted by atomic mass is 9.96. The first-order valence-corrected chi connectivity index (χ1v) is 8.57. The van der Waals surface area contributed by atoms with Gasteiger partial charge in [-0.15, -0.1) is 0 Å². The van der Waals surface area contributed by atoms with Crippen molar-refractivity contribution in [2.75, 3.05) is 6.61 Å². The Kier molecular flexibility index (Phi) is 8.64. The Hall–Kier alpha value is -2.20. The molecular formula is C17H27NO9. The molecule has 0 aromatic rings. The second kappa shape index (κ2) is 10.2. The molecule has 0 aliphatic carbocycles. The van der Waals surface area contributed by atoms with Crippen molar-refractivity contribution in [3.63, 3.8) is 0 Å². The van der Waals surface area contributed by atoms with Crippen LogP contribution >= 0.6 is 0 Å². The second-order valence-electron chi connectivity index (χ2n) is 6.40. The summed E-state index contributed by atoms with van der Waals surface area (Å²) in [6.07, 6.45) is -4.49. The second-order valence-corrected chi connectivity index (χ2v) is 6.40. The average molecular weight is 389 g/mol. The summed E-state index contributed by atoms with van der Waals surface area (Å²) in [6.45, 7) is 8.12. The summed E-state index contributed by atoms with van der Waals surface area (Å²) in [4.78, 5) is 46.0. The quantitative estimate of drug-likeness (QED) is 0.475. The molecular weight excluding hydrogens is 362 g/mol. The van der Waals surface area contributed by atoms with Gasteiger partial charge in [-0.2, -0.15) is 0 Å². The normalized spacial score (nSPS) is 27.6. The maximum absolute atomic E-state index is 11.7. The minimum absolute atomic E-state index is 0.254. The van der Waals surface area contributed by atoms with Crippen LogP contribution in [0.5, 0.6) is 0 Å². The van der Waals surface area contributed by atoms with Crippen LogP contribution in [-0.2, 0) is 42.9 Å². The van der Waals surface area contributed by atoms with Crippen LogP contribution in [0, 0.1) is 0 Å². The Morgan fingerprint density at radius 2 is 1.48 bits per heavy atom. The predicted molar refractivity (Wildman–Crippen MR) is 90.2 cm³/mol. The summed E-state index contributed by atoms with van der Waals surface area (Å²) in [5, 5.41) is 2.62. The molecule has 0 bridgehead atoms. The number of hydrogen-bond acceptors (Lipinski definition) is 9. The van der Waals surface area contributed by atoms with E-state index >= 15 is 0 Å². The number of nitrogens with one attached hydrogen (secondary N) is 1. The van der Waals surface area contributed by atoms with E-state index < -0.39 is 54.5 Å². The molecule has 1 N–H and O–H groups in total. The third-order valence-electron chi connectivity index (χ3n) is 3.48. The molecule has 1 saturated heterocycles. The molecule has 1 amide bonds. The van der Waals surface area contributed by atoms with E-state index in [4.69, 9.17) is 23.7 Å². The zero-order valence-electron chi connectivity index (χ0n) is 16.3. The minimum Gasteiger partial charge on any atom is -0.463 e. The molecule has 0 saturated carbocycles. The highest BCUT2D eigenvalue weighted by Gasteiger charge is 2.51. The smallest absolute Gasteiger partial charge is 0.303 e. The lowest BCUT2D eigenvalue weighted by Crippen LogP contribution is -2.66. The summed E-state index contributed by atoms with van der Waals surface area (Å²) in [7, 11) is 0. The molecule has 0 spiro atoms. The van der Waals surface area contributed by atoms with Crippen molar-refractivity contribution < 1.29 is 42.9 Å². The summed E-state index contributed by atoms with van der Waals surface area (Å²) in [5.74, 6) is -2.28. The van der Waals surface area contributed by atoms with E-state index in [1.54, 1.807) is 13.8 Å². The van der Waals surface area contributed by atoms with Gasteiger partial charge in [-0.05, 0) is 13.8 Å². The fourth-order valence-corrected chi connectivity index (χ4v) is 2.68. The van der Waals surface area contributed by atoms with Crippen LogP contribution in [0.1, 0.15) is 41.5 Å². The summed E-state index contributed by atoms with van der Waals surface area (Å²) < 4.78 is 27.1. The van der Waals surface area contributed by atoms with Crippen LogP contribution in [0.15, 0.2) is 0 Å². The Morgan fingerprint density at radius 3 is 1.93 bits per heavy atom. The van der Waals surface area contributed by atoms with E-state index in [2.05, 4.69) is 5.32 Å². The molecule has 1 aliphatic rings. The molecule has 1 heterocycles. The van der Waals surface area contributed by atoms with Gasteiger partial charge in [-0.25, -0.2) is 0 Å². The Labute approximate surface area is 157 Å². The molecule has 10 nitrogen and oxygen atoms in total. The summed E-state index contributed by atoms with van der Waals surface area (Å²) in [6, 6.07) is -0.938. The zero-order chi connectivity index (χ0) is 20.7. The maximum Gasteiger partial charge on any atom is 0.303 e. The molecule has 5 atom stereocenters. The first kappa shape index (κ1) is 22.8. The molecule has 27 heavy (non-hydrogen) atoms. The predicted octanol–water partition coefficient (Wildman–Crippen LogP) is 0.0675. The maximum atomic E-state index is 11.7. The van der Waals surface area contributed by atoms with Gasteiger partial charge in [0.15, 0.2) is 18.5 Å². The van der Waals surface area contributed by atoms with Gasteiger partial charge in [-0.1, -0.05) is 0 Å². The van der Waals surface area contributed by atoms with Crippen molar-refractivity contribution in [3.8, 4) is 0 Å². The van der Waals surface area contributed by atoms with Crippen LogP contribution in [0.4, 0.5) is 0 Å². The summed E-state index contributed by atoms with van der Waals surface area (Å²) >= 11 is 0. The Bertz CT molecular complexity index is 563. The fraction of sp³-hybridized carbons (Fsp3) is 0.765. The zero-order valence-corrected chi connectivity index (χ0v) is 16.3. The lowest BCUT2D eigenvalue weighted by Gasteiger charge is -2.45. The number of esters is 3. The van der Waals surface area contributed by atoms with Gasteiger partial charge in [0, 0.05) is 27.7 Å². The number of ether oxygens (including phenoxy) is 5. The lowest BCUT2D eigenvalue weighted by molar-refractivity contribution is -0.285. The first-order chi connectivity index (χ1) is 12.5. The largest absolute Gasteiger partial charge is 0.463 e. The number of amides is 1. The molecule has 0 aromatic carbocycles. The number of carbonyl (C=O) groups is 4. The molecule has 3 unspecified atom stereocenters. The molecule has 1 aliphatic heterocycles. The van der Waals surface area contributed by atoms with E-state index in [1.807, 2.05) is 0 Å². The molecule has 1 fully saturated rings. The highest BCUT2D eigenvalue weighted by Crippen LogP contribution is 2.28. The highest BCUT2D eigenvalue weighted by molar-refractivity contribution is 5.73. The number of carbonyl (C=O) groups excluding carboxylic acids is 4. The van der Waals surface area contributed by atoms with Crippen molar-refractivity contribution >= 4 is 23.8 Å². The average Bonchev–Trinajstić information content (AvgIpc) is 2.49. The SMILES string of the molecule is CC(=O)NC1C(OC(C)=O)[C@@H](OC(C)=O)C(COC(C)=O)O[C@H]1OC(C)C. The van der Waals surface area contributed by atoms with Gasteiger partial charge in [0.05, 0.1) is 6.10 Å². The van der Waals surface area contributed by atoms with Crippen LogP contribution in [0.2, 0.25) is 0 Å². The third kappa shape index (κ3) is 7.51. The first-order valence-electron chi connectivity index (χ1n) is 8.57. The van der Waals surface area contributed by atoms with Crippen molar-refractivity contribution in [2.24, 2.45) is 0 Å². The monoisotopic (exact) mass is 389 g/mol. The molecule has 0 radical (unpaired) electrons. The van der Waals surface area contributed by atoms with Gasteiger partial charge in [0.1, 0.15) is 18.8 Å². The van der Waals surface area contributed by atoms with E-state index in [9.17, 15) is 19.2 Å². The fourth-order valence-electron chi connectivity index (χ4n) is 2.68. The van der Waals surface area contributed by atoms with Crippen LogP contribution in [-0.4, -0.2) is 67.2 Å². The molecule has 0 aromatic heterocycles. The van der Waals surface area contributed by atoms with Crippen LogP contribution in [0.25, 0.3) is 0 Å². The topological polar surface area (TPSA) is 126 Å². The van der Waals surface area contributed by atoms with E-state index in [0.717, 1.165) is 0 Å². The summed E-state index contributed by atoms with van der Waals surface area (Å²) in [5.41, 5.74) is 0. The van der Waals surface area contributed by atoms with Crippen LogP contribution in [0.3, 0.4) is 0 Å². The third-order valence-corrected chi connectivity index (χ3v) is 3.48. The van der Waals surface area contributed by atoms with Crippen LogP contribution < -0.4 is 5.32 Å². The van der Waals surface area contributed by atoms with Gasteiger partial charge in [-0.3, -0.25) is 19.2 Å². The van der Waals surface area contributed by atoms with E-state index in [0.29, 0.717) is 0 Å². The van der Waals surface area contributed by atoms with Crippen molar-refractivity contribution in [1.29, 1.82) is 0 Å². The Morgan fingerprint density at radius 1 is 0.926 bits per heavy atom. The van der Waals surface area contributed by atoms with Gasteiger partial charge >= 0.3 is 17.9 Å². The molecule has 154 valence electrons. The molecule has 1 rings (SSSR count). The van der Waals surface area contributed by atoms with Crippen molar-refractivity contribution in [3.05, 3.63) is 0 Å². The van der Waals surface area contributed by atoms with Gasteiger partial charge in [0.25, 0.3) is 0 Å². The van der Waals surface area contributed by atoms with E-state index in [1.165, 1.54) is 27.7 Å². The minimum atomic E-state index is -1.12. The van der Waals surface area contributed by atoms with Gasteiger partial charge in [0.2, 0.25) is 5.91 Å². The standard InChI is InChI=1S/C17H27NO9/c1-8(2)24-17-14(18-9(3)19)16(26-12(6)22)15(25-11(5)21)13(27-17)7-23-10(4)20/h8,13-17H,7H2,1-6H3,(H,18,19)/t13?,14?,15-,16?,17+/m0/s1. The Balaban J connectivity index is 3.27. The number of hydrogen-bond donors (Lipinski definition) is 1. The van der Waals surface area contributed by atoms with Gasteiger partial charge < -0.3 is 29.0 Å². The molecule has 10 heteroatoms. The van der Waals surface area contributed by atoms with E-state index in [-0.39, 0.29) is 12.7 Å². The van der Waals surface area contributed by atoms with Crippen molar-refractivity contribution in [1.82, 2.24) is 5.32 Å². The number of rotatable bonds is 7.